The highest BCUT2D eigenvalue weighted by atomic mass is 16.7. The zero-order chi connectivity index (χ0) is 23.0. The predicted octanol–water partition coefficient (Wildman–Crippen LogP) is 7.89. The van der Waals surface area contributed by atoms with E-state index in [2.05, 4.69) is 46.8 Å². The van der Waals surface area contributed by atoms with Crippen LogP contribution in [0.15, 0.2) is 12.2 Å². The van der Waals surface area contributed by atoms with Gasteiger partial charge in [-0.2, -0.15) is 0 Å². The van der Waals surface area contributed by atoms with Crippen molar-refractivity contribution < 1.29 is 14.3 Å². The Labute approximate surface area is 197 Å². The Kier molecular flexibility index (Phi) is 7.32. The van der Waals surface area contributed by atoms with E-state index in [-0.39, 0.29) is 6.10 Å². The van der Waals surface area contributed by atoms with Crippen LogP contribution in [0.2, 0.25) is 0 Å². The third-order valence-corrected chi connectivity index (χ3v) is 10.4. The highest BCUT2D eigenvalue weighted by Crippen LogP contribution is 2.65. The number of allylic oxidation sites excluding steroid dienone is 2. The monoisotopic (exact) mass is 444 g/mol. The van der Waals surface area contributed by atoms with Gasteiger partial charge >= 0.3 is 6.16 Å². The molecular weight excluding hydrogens is 396 g/mol. The van der Waals surface area contributed by atoms with E-state index < -0.39 is 6.16 Å². The van der Waals surface area contributed by atoms with Crippen molar-refractivity contribution in [1.29, 1.82) is 0 Å². The largest absolute Gasteiger partial charge is 0.508 e. The van der Waals surface area contributed by atoms with Crippen molar-refractivity contribution in [2.24, 2.45) is 58.7 Å². The summed E-state index contributed by atoms with van der Waals surface area (Å²) in [7, 11) is 1.40. The second kappa shape index (κ2) is 9.71. The van der Waals surface area contributed by atoms with Gasteiger partial charge in [0.25, 0.3) is 0 Å². The molecule has 4 aliphatic rings. The summed E-state index contributed by atoms with van der Waals surface area (Å²) in [5, 5.41) is 0. The van der Waals surface area contributed by atoms with Crippen molar-refractivity contribution in [2.45, 2.75) is 98.5 Å². The Morgan fingerprint density at radius 3 is 2.59 bits per heavy atom. The van der Waals surface area contributed by atoms with E-state index >= 15 is 0 Å². The van der Waals surface area contributed by atoms with Crippen LogP contribution in [-0.2, 0) is 9.47 Å². The van der Waals surface area contributed by atoms with E-state index in [0.717, 1.165) is 54.3 Å². The highest BCUT2D eigenvalue weighted by molar-refractivity contribution is 5.59. The second-order valence-corrected chi connectivity index (χ2v) is 12.6. The quantitative estimate of drug-likeness (QED) is 0.308. The summed E-state index contributed by atoms with van der Waals surface area (Å²) in [6.07, 6.45) is 16.5. The van der Waals surface area contributed by atoms with Gasteiger partial charge in [0.2, 0.25) is 0 Å². The maximum Gasteiger partial charge on any atom is 0.508 e. The van der Waals surface area contributed by atoms with Crippen molar-refractivity contribution in [2.75, 3.05) is 7.11 Å². The smallest absolute Gasteiger partial charge is 0.438 e. The lowest BCUT2D eigenvalue weighted by Crippen LogP contribution is -2.50. The molecule has 32 heavy (non-hydrogen) atoms. The van der Waals surface area contributed by atoms with Crippen molar-refractivity contribution in [1.82, 2.24) is 0 Å². The summed E-state index contributed by atoms with van der Waals surface area (Å²) in [5.41, 5.74) is 0.532. The van der Waals surface area contributed by atoms with Crippen LogP contribution in [-0.4, -0.2) is 19.4 Å². The summed E-state index contributed by atoms with van der Waals surface area (Å²) in [6, 6.07) is 0. The first-order valence-electron chi connectivity index (χ1n) is 13.7. The molecule has 0 saturated heterocycles. The Balaban J connectivity index is 1.44. The summed E-state index contributed by atoms with van der Waals surface area (Å²) in [6.45, 7) is 12.3. The molecule has 0 aromatic heterocycles. The molecule has 4 rings (SSSR count). The minimum atomic E-state index is -0.522. The number of rotatable bonds is 6. The van der Waals surface area contributed by atoms with Crippen molar-refractivity contribution in [3.05, 3.63) is 12.2 Å². The minimum absolute atomic E-state index is 0.0105. The summed E-state index contributed by atoms with van der Waals surface area (Å²) >= 11 is 0. The third-order valence-electron chi connectivity index (χ3n) is 10.4. The minimum Gasteiger partial charge on any atom is -0.438 e. The zero-order valence-electron chi connectivity index (χ0n) is 21.5. The lowest BCUT2D eigenvalue weighted by molar-refractivity contribution is -0.0635. The molecule has 0 aromatic carbocycles. The Bertz CT molecular complexity index is 684. The van der Waals surface area contributed by atoms with Gasteiger partial charge in [0.1, 0.15) is 6.10 Å². The molecule has 0 N–H and O–H groups in total. The van der Waals surface area contributed by atoms with Crippen molar-refractivity contribution in [3.8, 4) is 0 Å². The molecule has 3 heteroatoms. The first-order chi connectivity index (χ1) is 15.2. The average molecular weight is 445 g/mol. The predicted molar refractivity (Wildman–Crippen MR) is 130 cm³/mol. The van der Waals surface area contributed by atoms with Gasteiger partial charge in [-0.3, -0.25) is 0 Å². The topological polar surface area (TPSA) is 35.5 Å². The number of carbonyl (C=O) groups excluding carboxylic acids is 1. The number of methoxy groups -OCH3 is 1. The molecule has 0 spiro atoms. The first kappa shape index (κ1) is 24.1. The number of hydrogen-bond acceptors (Lipinski definition) is 3. The van der Waals surface area contributed by atoms with Gasteiger partial charge in [0.05, 0.1) is 7.11 Å². The molecule has 5 unspecified atom stereocenters. The Hall–Kier alpha value is -0.990. The molecule has 10 atom stereocenters. The fourth-order valence-electron chi connectivity index (χ4n) is 9.02. The van der Waals surface area contributed by atoms with Crippen LogP contribution in [0.25, 0.3) is 0 Å². The molecule has 3 saturated carbocycles. The van der Waals surface area contributed by atoms with Gasteiger partial charge in [-0.05, 0) is 97.2 Å². The second-order valence-electron chi connectivity index (χ2n) is 12.6. The molecule has 0 aliphatic heterocycles. The molecule has 182 valence electrons. The van der Waals surface area contributed by atoms with Gasteiger partial charge in [-0.25, -0.2) is 4.79 Å². The van der Waals surface area contributed by atoms with Crippen LogP contribution >= 0.6 is 0 Å². The van der Waals surface area contributed by atoms with Gasteiger partial charge in [-0.1, -0.05) is 66.0 Å². The Morgan fingerprint density at radius 2 is 1.88 bits per heavy atom. The molecule has 0 radical (unpaired) electrons. The fraction of sp³-hybridized carbons (Fsp3) is 0.897. The van der Waals surface area contributed by atoms with E-state index in [0.29, 0.717) is 17.3 Å². The van der Waals surface area contributed by atoms with Gasteiger partial charge in [-0.15, -0.1) is 0 Å². The Morgan fingerprint density at radius 1 is 1.09 bits per heavy atom. The number of hydrogen-bond donors (Lipinski definition) is 0. The summed E-state index contributed by atoms with van der Waals surface area (Å²) < 4.78 is 10.3. The summed E-state index contributed by atoms with van der Waals surface area (Å²) in [5.74, 6) is 7.00. The molecular formula is C29H48O3. The molecule has 3 fully saturated rings. The molecule has 3 nitrogen and oxygen atoms in total. The number of ether oxygens (including phenoxy) is 2. The van der Waals surface area contributed by atoms with Crippen LogP contribution in [0, 0.1) is 58.7 Å². The van der Waals surface area contributed by atoms with Crippen LogP contribution in [0.3, 0.4) is 0 Å². The van der Waals surface area contributed by atoms with Gasteiger partial charge < -0.3 is 9.47 Å². The van der Waals surface area contributed by atoms with E-state index in [9.17, 15) is 4.79 Å². The first-order valence-corrected chi connectivity index (χ1v) is 13.7. The van der Waals surface area contributed by atoms with Crippen molar-refractivity contribution in [3.63, 3.8) is 0 Å². The van der Waals surface area contributed by atoms with E-state index in [1.165, 1.54) is 52.1 Å². The van der Waals surface area contributed by atoms with Crippen molar-refractivity contribution >= 4 is 6.16 Å². The van der Waals surface area contributed by atoms with Crippen LogP contribution in [0.4, 0.5) is 4.79 Å². The maximum absolute atomic E-state index is 11.7. The van der Waals surface area contributed by atoms with Crippen LogP contribution in [0.1, 0.15) is 92.4 Å². The van der Waals surface area contributed by atoms with Gasteiger partial charge in [0.15, 0.2) is 0 Å². The van der Waals surface area contributed by atoms with Gasteiger partial charge in [0, 0.05) is 0 Å². The number of fused-ring (bicyclic) bond motifs is 5. The number of carbonyl (C=O) groups is 1. The molecule has 4 aliphatic carbocycles. The maximum atomic E-state index is 11.7. The average Bonchev–Trinajstić information content (AvgIpc) is 3.10. The van der Waals surface area contributed by atoms with E-state index in [1.807, 2.05) is 0 Å². The fourth-order valence-corrected chi connectivity index (χ4v) is 9.02. The highest BCUT2D eigenvalue weighted by Gasteiger charge is 2.57. The summed E-state index contributed by atoms with van der Waals surface area (Å²) in [4.78, 5) is 11.7. The van der Waals surface area contributed by atoms with Crippen LogP contribution in [0.5, 0.6) is 0 Å². The lowest BCUT2D eigenvalue weighted by atomic mass is 9.49. The van der Waals surface area contributed by atoms with E-state index in [4.69, 9.17) is 9.47 Å². The SMILES string of the molecule is COC(=O)OC1CC(C)C2C(C=CC3[C@H]2CC[C@]2(C)[C@@H]3CC[C@H]2[C@H](C)CCCC(C)C)C1. The molecule has 0 bridgehead atoms. The molecule has 0 aromatic rings. The van der Waals surface area contributed by atoms with E-state index in [1.54, 1.807) is 0 Å². The lowest BCUT2D eigenvalue weighted by Gasteiger charge is -2.56. The standard InChI is InChI=1S/C29H48O3/c1-18(2)8-7-9-19(3)25-12-13-26-23-11-10-21-17-22(32-28(30)31-6)16-20(4)27(21)24(23)14-15-29(25,26)5/h10-11,18-27H,7-9,12-17H2,1-6H3/t19-,20?,21?,22?,23?,24-,25+,26-,27?,29+/m1/s1. The zero-order valence-corrected chi connectivity index (χ0v) is 21.5. The van der Waals surface area contributed by atoms with Crippen LogP contribution < -0.4 is 0 Å². The molecule has 0 heterocycles. The molecule has 0 amide bonds. The third kappa shape index (κ3) is 4.51. The normalized spacial score (nSPS) is 43.8.